The Kier molecular flexibility index (Phi) is 20.1. The predicted molar refractivity (Wildman–Crippen MR) is 296 cm³/mol. The SMILES string of the molecule is CCl.Cc1ccc2nc(C)c(C(=O)CCc3ccc(N4CCC(c5ccc(OC(F)(F)F)cc5)CC4)c(F)c3)n2c1.Cc1ccc2nc(C)c(C(=O)O)n2c1.NCc1ccc(N2CCC(c3ccc(OC(F)(F)F)cc3)CC2)c(F)c1. The average molecular weight is 1150 g/mol. The van der Waals surface area contributed by atoms with Gasteiger partial charge in [0, 0.05) is 57.9 Å². The topological polar surface area (TPSA) is 140 Å². The van der Waals surface area contributed by atoms with E-state index < -0.39 is 18.7 Å². The van der Waals surface area contributed by atoms with Gasteiger partial charge in [0.1, 0.15) is 40.1 Å². The summed E-state index contributed by atoms with van der Waals surface area (Å²) < 4.78 is 114. The molecule has 0 unspecified atom stereocenters. The molecule has 430 valence electrons. The van der Waals surface area contributed by atoms with Crippen molar-refractivity contribution in [3.05, 3.63) is 189 Å². The highest BCUT2D eigenvalue weighted by Crippen LogP contribution is 2.36. The summed E-state index contributed by atoms with van der Waals surface area (Å²) in [5, 5.41) is 8.98. The lowest BCUT2D eigenvalue weighted by atomic mass is 9.89. The Morgan fingerprint density at radius 1 is 0.593 bits per heavy atom. The standard InChI is InChI=1S/C30H29F4N3O2.C19H20F4N2O.C10H10N2O2.CH3Cl/c1-19-3-12-28-35-20(2)29(37(28)18-19)27(38)11-5-21-4-10-26(25(31)17-21)36-15-13-23(14-16-36)22-6-8-24(9-7-22)39-30(32,33)34;20-17-11-13(12-24)1-6-18(17)25-9-7-15(8-10-25)14-2-4-16(5-3-14)26-19(21,22)23;1-6-3-4-8-11-7(2)9(10(13)14)12(8)5-6;1-2/h3-4,6-10,12,17-18,23H,5,11,13-16H2,1-2H3;1-6,11,15H,7-10,12,24H2;3-5H,1-2H3,(H,13,14);1H3. The summed E-state index contributed by atoms with van der Waals surface area (Å²) >= 11 is 4.64. The van der Waals surface area contributed by atoms with Gasteiger partial charge in [-0.05, 0) is 166 Å². The summed E-state index contributed by atoms with van der Waals surface area (Å²) in [6.45, 7) is 10.3. The first kappa shape index (κ1) is 60.9. The molecule has 0 spiro atoms. The number of piperidine rings is 2. The Labute approximate surface area is 468 Å². The number of ketones is 1. The van der Waals surface area contributed by atoms with Crippen molar-refractivity contribution in [3.8, 4) is 11.5 Å². The maximum Gasteiger partial charge on any atom is 0.573 e. The number of aromatic carboxylic acids is 1. The number of imidazole rings is 2. The van der Waals surface area contributed by atoms with Crippen LogP contribution >= 0.6 is 11.6 Å². The molecule has 12 nitrogen and oxygen atoms in total. The molecule has 0 aliphatic carbocycles. The number of pyridine rings is 2. The van der Waals surface area contributed by atoms with Gasteiger partial charge in [-0.25, -0.2) is 23.5 Å². The number of ether oxygens (including phenoxy) is 2. The Hall–Kier alpha value is -7.71. The second-order valence-electron chi connectivity index (χ2n) is 19.7. The number of alkyl halides is 7. The van der Waals surface area contributed by atoms with E-state index in [4.69, 9.17) is 10.8 Å². The van der Waals surface area contributed by atoms with Crippen LogP contribution in [0.4, 0.5) is 46.5 Å². The molecular weight excluding hydrogens is 1090 g/mol. The van der Waals surface area contributed by atoms with Crippen LogP contribution in [-0.2, 0) is 13.0 Å². The number of Topliss-reactive ketones (excluding diaryl/α,β-unsaturated/α-hetero) is 1. The van der Waals surface area contributed by atoms with E-state index in [0.717, 1.165) is 64.7 Å². The molecule has 8 aromatic rings. The summed E-state index contributed by atoms with van der Waals surface area (Å²) in [6.07, 6.45) is -0.456. The molecular formula is C60H62ClF8N7O5. The highest BCUT2D eigenvalue weighted by Gasteiger charge is 2.33. The molecule has 2 aliphatic heterocycles. The van der Waals surface area contributed by atoms with E-state index in [2.05, 4.69) is 31.0 Å². The van der Waals surface area contributed by atoms with Crippen LogP contribution in [0.15, 0.2) is 122 Å². The van der Waals surface area contributed by atoms with Crippen molar-refractivity contribution in [2.24, 2.45) is 5.73 Å². The van der Waals surface area contributed by atoms with Gasteiger partial charge in [-0.3, -0.25) is 13.6 Å². The Bertz CT molecular complexity index is 3420. The first-order valence-corrected chi connectivity index (χ1v) is 26.8. The van der Waals surface area contributed by atoms with E-state index in [1.54, 1.807) is 53.9 Å². The zero-order chi connectivity index (χ0) is 58.8. The van der Waals surface area contributed by atoms with Crippen LogP contribution in [-0.4, -0.2) is 80.9 Å². The van der Waals surface area contributed by atoms with Gasteiger partial charge >= 0.3 is 18.7 Å². The van der Waals surface area contributed by atoms with E-state index in [1.807, 2.05) is 77.6 Å². The molecule has 10 rings (SSSR count). The van der Waals surface area contributed by atoms with Crippen LogP contribution < -0.4 is 25.0 Å². The number of carbonyl (C=O) groups is 2. The quantitative estimate of drug-likeness (QED) is 0.0690. The minimum atomic E-state index is -4.71. The number of hydrogen-bond donors (Lipinski definition) is 2. The Balaban J connectivity index is 0.000000192. The number of carboxylic acids is 1. The highest BCUT2D eigenvalue weighted by atomic mass is 35.5. The van der Waals surface area contributed by atoms with Crippen molar-refractivity contribution in [2.45, 2.75) is 97.3 Å². The van der Waals surface area contributed by atoms with Gasteiger partial charge in [0.15, 0.2) is 11.5 Å². The molecule has 2 saturated heterocycles. The molecule has 2 aliphatic rings. The lowest BCUT2D eigenvalue weighted by Gasteiger charge is -2.34. The first-order valence-electron chi connectivity index (χ1n) is 26.1. The van der Waals surface area contributed by atoms with Crippen molar-refractivity contribution in [3.63, 3.8) is 0 Å². The third kappa shape index (κ3) is 16.0. The van der Waals surface area contributed by atoms with Crippen LogP contribution in [0.3, 0.4) is 0 Å². The summed E-state index contributed by atoms with van der Waals surface area (Å²) in [6, 6.07) is 29.7. The Morgan fingerprint density at radius 2 is 0.988 bits per heavy atom. The predicted octanol–water partition coefficient (Wildman–Crippen LogP) is 14.3. The number of rotatable bonds is 12. The van der Waals surface area contributed by atoms with Crippen molar-refractivity contribution < 1.29 is 59.3 Å². The number of fused-ring (bicyclic) bond motifs is 2. The number of carboxylic acid groups (broad SMARTS) is 1. The smallest absolute Gasteiger partial charge is 0.477 e. The molecule has 4 aromatic carbocycles. The molecule has 0 bridgehead atoms. The van der Waals surface area contributed by atoms with Gasteiger partial charge in [0.2, 0.25) is 0 Å². The van der Waals surface area contributed by atoms with Crippen molar-refractivity contribution >= 4 is 46.0 Å². The highest BCUT2D eigenvalue weighted by molar-refractivity contribution is 6.15. The van der Waals surface area contributed by atoms with Gasteiger partial charge in [-0.2, -0.15) is 0 Å². The van der Waals surface area contributed by atoms with Crippen LogP contribution in [0.2, 0.25) is 0 Å². The number of aromatic nitrogens is 4. The van der Waals surface area contributed by atoms with E-state index >= 15 is 4.39 Å². The van der Waals surface area contributed by atoms with Gasteiger partial charge in [0.05, 0.1) is 22.8 Å². The lowest BCUT2D eigenvalue weighted by molar-refractivity contribution is -0.275. The second-order valence-corrected chi connectivity index (χ2v) is 19.7. The number of hydrogen-bond acceptors (Lipinski definition) is 9. The van der Waals surface area contributed by atoms with Crippen LogP contribution in [0.25, 0.3) is 11.3 Å². The van der Waals surface area contributed by atoms with Crippen molar-refractivity contribution in [1.82, 2.24) is 18.8 Å². The maximum atomic E-state index is 15.1. The second kappa shape index (κ2) is 26.7. The molecule has 6 heterocycles. The fraction of sp³-hybridized carbons (Fsp3) is 0.333. The first-order chi connectivity index (χ1) is 38.5. The van der Waals surface area contributed by atoms with E-state index in [-0.39, 0.29) is 52.9 Å². The van der Waals surface area contributed by atoms with Crippen LogP contribution in [0, 0.1) is 39.3 Å². The summed E-state index contributed by atoms with van der Waals surface area (Å²) in [5.74, 6) is -1.62. The number of nitrogens with two attached hydrogens (primary N) is 1. The fourth-order valence-electron chi connectivity index (χ4n) is 10.2. The third-order valence-electron chi connectivity index (χ3n) is 14.1. The lowest BCUT2D eigenvalue weighted by Crippen LogP contribution is -2.33. The van der Waals surface area contributed by atoms with Crippen molar-refractivity contribution in [1.29, 1.82) is 0 Å². The Morgan fingerprint density at radius 3 is 1.38 bits per heavy atom. The average Bonchev–Trinajstić information content (AvgIpc) is 4.22. The molecule has 2 fully saturated rings. The summed E-state index contributed by atoms with van der Waals surface area (Å²) in [5.41, 5.74) is 15.5. The number of aryl methyl sites for hydroxylation is 5. The van der Waals surface area contributed by atoms with Gasteiger partial charge in [0.25, 0.3) is 0 Å². The van der Waals surface area contributed by atoms with Crippen LogP contribution in [0.5, 0.6) is 11.5 Å². The normalized spacial score (nSPS) is 14.1. The number of benzene rings is 4. The zero-order valence-electron chi connectivity index (χ0n) is 45.2. The minimum Gasteiger partial charge on any atom is -0.477 e. The van der Waals surface area contributed by atoms with E-state index in [1.165, 1.54) is 42.8 Å². The molecule has 0 saturated carbocycles. The maximum absolute atomic E-state index is 15.1. The van der Waals surface area contributed by atoms with Gasteiger partial charge in [-0.1, -0.05) is 48.5 Å². The number of anilines is 2. The molecule has 4 aromatic heterocycles. The monoisotopic (exact) mass is 1150 g/mol. The molecule has 81 heavy (non-hydrogen) atoms. The summed E-state index contributed by atoms with van der Waals surface area (Å²) in [4.78, 5) is 36.6. The summed E-state index contributed by atoms with van der Waals surface area (Å²) in [7, 11) is 0. The molecule has 3 N–H and O–H groups in total. The number of halogens is 9. The number of nitrogens with zero attached hydrogens (tertiary/aromatic N) is 6. The zero-order valence-corrected chi connectivity index (χ0v) is 46.0. The fourth-order valence-corrected chi connectivity index (χ4v) is 10.2. The van der Waals surface area contributed by atoms with E-state index in [0.29, 0.717) is 73.2 Å². The molecule has 0 atom stereocenters. The van der Waals surface area contributed by atoms with Gasteiger partial charge in [-0.15, -0.1) is 37.9 Å². The third-order valence-corrected chi connectivity index (χ3v) is 14.1. The van der Waals surface area contributed by atoms with Gasteiger partial charge < -0.3 is 30.1 Å². The van der Waals surface area contributed by atoms with Crippen molar-refractivity contribution in [2.75, 3.05) is 42.4 Å². The van der Waals surface area contributed by atoms with E-state index in [9.17, 15) is 40.3 Å². The molecule has 0 radical (unpaired) electrons. The number of carbonyl (C=O) groups excluding carboxylic acids is 1. The largest absolute Gasteiger partial charge is 0.573 e. The molecule has 21 heteroatoms. The minimum absolute atomic E-state index is 0.0323. The molecule has 0 amide bonds. The van der Waals surface area contributed by atoms with Crippen LogP contribution in [0.1, 0.15) is 110 Å².